The van der Waals surface area contributed by atoms with Crippen molar-refractivity contribution in [2.24, 2.45) is 7.05 Å². The number of aryl methyl sites for hydroxylation is 3. The number of esters is 1. The van der Waals surface area contributed by atoms with E-state index in [1.165, 1.54) is 17.4 Å². The van der Waals surface area contributed by atoms with E-state index in [4.69, 9.17) is 9.16 Å². The predicted molar refractivity (Wildman–Crippen MR) is 166 cm³/mol. The Morgan fingerprint density at radius 1 is 1.17 bits per heavy atom. The molecule has 0 saturated heterocycles. The van der Waals surface area contributed by atoms with E-state index >= 15 is 4.39 Å². The molecular formula is C30H45FN4O5SSi. The second-order valence-electron chi connectivity index (χ2n) is 12.7. The van der Waals surface area contributed by atoms with E-state index in [-0.39, 0.29) is 36.9 Å². The first-order valence-electron chi connectivity index (χ1n) is 14.6. The van der Waals surface area contributed by atoms with E-state index < -0.39 is 30.1 Å². The Hall–Kier alpha value is -2.54. The van der Waals surface area contributed by atoms with Crippen molar-refractivity contribution in [3.63, 3.8) is 0 Å². The number of benzene rings is 1. The van der Waals surface area contributed by atoms with Crippen LogP contribution in [0.15, 0.2) is 12.1 Å². The van der Waals surface area contributed by atoms with Gasteiger partial charge in [0.2, 0.25) is 10.0 Å². The Labute approximate surface area is 250 Å². The van der Waals surface area contributed by atoms with Gasteiger partial charge in [0.05, 0.1) is 30.1 Å². The lowest BCUT2D eigenvalue weighted by Gasteiger charge is -2.36. The smallest absolute Gasteiger partial charge is 0.355 e. The van der Waals surface area contributed by atoms with Gasteiger partial charge in [0.15, 0.2) is 8.32 Å². The SMILES string of the molecule is CCOC(=O)c1c(CCCO[Si](C)(C)C(C)(C)C)c2ccc(F)c3c2n1CCCS(=O)(=O)N(C)Cc1nn(C)c(C)c1-3. The molecule has 0 radical (unpaired) electrons. The number of rotatable bonds is 7. The van der Waals surface area contributed by atoms with Crippen molar-refractivity contribution >= 4 is 35.2 Å². The van der Waals surface area contributed by atoms with Gasteiger partial charge >= 0.3 is 5.97 Å². The molecular weight excluding hydrogens is 576 g/mol. The van der Waals surface area contributed by atoms with Gasteiger partial charge in [-0.1, -0.05) is 20.8 Å². The standard InChI is InChI=1S/C30H45FN4O5SSi/c1-10-39-29(36)28-21(13-11-17-40-42(8,9)30(3,4)5)22-14-15-23(31)26-25-20(2)34(7)32-24(25)19-33(6)41(37,38)18-12-16-35(28)27(22)26/h14-15H,10-13,16-19H2,1-9H3. The number of nitrogens with zero attached hydrogens (tertiary/aromatic N) is 4. The average molecular weight is 621 g/mol. The van der Waals surface area contributed by atoms with Gasteiger partial charge in [-0.25, -0.2) is 17.6 Å². The lowest BCUT2D eigenvalue weighted by molar-refractivity contribution is 0.0512. The molecule has 3 aromatic rings. The summed E-state index contributed by atoms with van der Waals surface area (Å²) in [7, 11) is -2.30. The summed E-state index contributed by atoms with van der Waals surface area (Å²) < 4.78 is 59.0. The van der Waals surface area contributed by atoms with E-state index in [0.29, 0.717) is 53.2 Å². The van der Waals surface area contributed by atoms with Gasteiger partial charge in [0.25, 0.3) is 0 Å². The number of fused-ring (bicyclic) bond motifs is 2. The maximum atomic E-state index is 16.0. The lowest BCUT2D eigenvalue weighted by Crippen LogP contribution is -2.41. The van der Waals surface area contributed by atoms with E-state index in [1.807, 2.05) is 6.92 Å². The van der Waals surface area contributed by atoms with E-state index in [1.54, 1.807) is 29.3 Å². The van der Waals surface area contributed by atoms with Crippen molar-refractivity contribution in [3.05, 3.63) is 40.6 Å². The van der Waals surface area contributed by atoms with Crippen LogP contribution in [-0.2, 0) is 45.7 Å². The minimum atomic E-state index is -3.62. The molecule has 0 atom stereocenters. The first-order chi connectivity index (χ1) is 19.5. The van der Waals surface area contributed by atoms with E-state index in [9.17, 15) is 13.2 Å². The second-order valence-corrected chi connectivity index (χ2v) is 19.7. The molecule has 232 valence electrons. The van der Waals surface area contributed by atoms with Crippen LogP contribution in [0.5, 0.6) is 0 Å². The number of carbonyl (C=O) groups excluding carboxylic acids is 1. The maximum Gasteiger partial charge on any atom is 0.355 e. The van der Waals surface area contributed by atoms with Crippen molar-refractivity contribution in [1.29, 1.82) is 0 Å². The molecule has 3 heterocycles. The van der Waals surface area contributed by atoms with Crippen LogP contribution in [-0.4, -0.2) is 67.4 Å². The molecule has 0 fully saturated rings. The number of carbonyl (C=O) groups is 1. The van der Waals surface area contributed by atoms with Crippen molar-refractivity contribution in [2.75, 3.05) is 26.0 Å². The summed E-state index contributed by atoms with van der Waals surface area (Å²) in [5.41, 5.74) is 3.72. The fraction of sp³-hybridized carbons (Fsp3) is 0.600. The van der Waals surface area contributed by atoms with Crippen LogP contribution in [0.3, 0.4) is 0 Å². The molecule has 0 amide bonds. The number of aromatic nitrogens is 3. The zero-order chi connectivity index (χ0) is 31.2. The van der Waals surface area contributed by atoms with Gasteiger partial charge < -0.3 is 13.7 Å². The van der Waals surface area contributed by atoms with Crippen LogP contribution in [0, 0.1) is 12.7 Å². The number of halogens is 1. The lowest BCUT2D eigenvalue weighted by atomic mass is 9.97. The first-order valence-corrected chi connectivity index (χ1v) is 19.1. The Balaban J connectivity index is 1.95. The molecule has 0 N–H and O–H groups in total. The van der Waals surface area contributed by atoms with Crippen molar-refractivity contribution in [1.82, 2.24) is 18.7 Å². The number of sulfonamides is 1. The van der Waals surface area contributed by atoms with Crippen molar-refractivity contribution < 1.29 is 26.8 Å². The summed E-state index contributed by atoms with van der Waals surface area (Å²) in [4.78, 5) is 13.6. The minimum Gasteiger partial charge on any atom is -0.461 e. The van der Waals surface area contributed by atoms with E-state index in [2.05, 4.69) is 39.0 Å². The monoisotopic (exact) mass is 620 g/mol. The number of hydrogen-bond acceptors (Lipinski definition) is 6. The van der Waals surface area contributed by atoms with Gasteiger partial charge in [0.1, 0.15) is 11.5 Å². The summed E-state index contributed by atoms with van der Waals surface area (Å²) in [6.45, 7) is 15.5. The van der Waals surface area contributed by atoms with Crippen LogP contribution in [0.25, 0.3) is 22.0 Å². The largest absolute Gasteiger partial charge is 0.461 e. The minimum absolute atomic E-state index is 0.0122. The zero-order valence-electron chi connectivity index (χ0n) is 26.4. The van der Waals surface area contributed by atoms with Crippen molar-refractivity contribution in [3.8, 4) is 11.1 Å². The molecule has 42 heavy (non-hydrogen) atoms. The van der Waals surface area contributed by atoms with Crippen LogP contribution in [0.1, 0.15) is 68.0 Å². The van der Waals surface area contributed by atoms with Crippen LogP contribution in [0.4, 0.5) is 4.39 Å². The van der Waals surface area contributed by atoms with E-state index in [0.717, 1.165) is 10.9 Å². The summed E-state index contributed by atoms with van der Waals surface area (Å²) in [6, 6.07) is 3.16. The molecule has 0 saturated carbocycles. The summed E-state index contributed by atoms with van der Waals surface area (Å²) in [5.74, 6) is -1.07. The topological polar surface area (TPSA) is 95.7 Å². The second kappa shape index (κ2) is 11.9. The highest BCUT2D eigenvalue weighted by Gasteiger charge is 2.37. The summed E-state index contributed by atoms with van der Waals surface area (Å²) >= 11 is 0. The third-order valence-electron chi connectivity index (χ3n) is 8.87. The summed E-state index contributed by atoms with van der Waals surface area (Å²) in [5, 5.41) is 5.43. The van der Waals surface area contributed by atoms with Crippen LogP contribution < -0.4 is 0 Å². The highest BCUT2D eigenvalue weighted by atomic mass is 32.2. The number of hydrogen-bond donors (Lipinski definition) is 0. The molecule has 0 bridgehead atoms. The fourth-order valence-corrected chi connectivity index (χ4v) is 7.63. The molecule has 4 rings (SSSR count). The molecule has 0 aliphatic carbocycles. The Bertz CT molecular complexity index is 1600. The van der Waals surface area contributed by atoms with Crippen molar-refractivity contribution in [2.45, 2.75) is 85.1 Å². The molecule has 2 aromatic heterocycles. The Kier molecular flexibility index (Phi) is 9.14. The van der Waals surface area contributed by atoms with Gasteiger partial charge in [-0.05, 0) is 68.9 Å². The molecule has 1 aromatic carbocycles. The van der Waals surface area contributed by atoms with Gasteiger partial charge in [-0.2, -0.15) is 9.40 Å². The molecule has 1 aliphatic heterocycles. The maximum absolute atomic E-state index is 16.0. The molecule has 0 unspecified atom stereocenters. The molecule has 12 heteroatoms. The van der Waals surface area contributed by atoms with Gasteiger partial charge in [-0.3, -0.25) is 4.68 Å². The Morgan fingerprint density at radius 2 is 1.86 bits per heavy atom. The quantitative estimate of drug-likeness (QED) is 0.189. The zero-order valence-corrected chi connectivity index (χ0v) is 28.2. The van der Waals surface area contributed by atoms with Gasteiger partial charge in [-0.15, -0.1) is 0 Å². The molecule has 0 spiro atoms. The predicted octanol–water partition coefficient (Wildman–Crippen LogP) is 5.79. The third-order valence-corrected chi connectivity index (χ3v) is 15.3. The fourth-order valence-electron chi connectivity index (χ4n) is 5.42. The first kappa shape index (κ1) is 32.4. The third kappa shape index (κ3) is 5.95. The summed E-state index contributed by atoms with van der Waals surface area (Å²) in [6.07, 6.45) is 1.44. The highest BCUT2D eigenvalue weighted by molar-refractivity contribution is 7.89. The number of ether oxygens (including phenoxy) is 1. The van der Waals surface area contributed by atoms with Crippen LogP contribution in [0.2, 0.25) is 18.1 Å². The average Bonchev–Trinajstić information content (AvgIpc) is 3.33. The molecule has 9 nitrogen and oxygen atoms in total. The normalized spacial score (nSPS) is 16.3. The van der Waals surface area contributed by atoms with Gasteiger partial charge in [0, 0.05) is 49.5 Å². The van der Waals surface area contributed by atoms with Crippen LogP contribution >= 0.6 is 0 Å². The highest BCUT2D eigenvalue weighted by Crippen LogP contribution is 2.41. The Morgan fingerprint density at radius 3 is 2.50 bits per heavy atom. The molecule has 1 aliphatic rings.